The molecule has 0 aliphatic carbocycles. The maximum Gasteiger partial charge on any atom is 0.411 e. The van der Waals surface area contributed by atoms with Crippen LogP contribution in [-0.4, -0.2) is 16.1 Å². The van der Waals surface area contributed by atoms with Crippen LogP contribution < -0.4 is 16.6 Å². The molecule has 25 heavy (non-hydrogen) atoms. The fraction of sp³-hybridized carbons (Fsp3) is 0.0556. The molecule has 3 N–H and O–H groups in total. The van der Waals surface area contributed by atoms with Crippen LogP contribution in [0.4, 0.5) is 10.5 Å². The van der Waals surface area contributed by atoms with Crippen molar-refractivity contribution in [3.05, 3.63) is 87.1 Å². The number of nitrogens with one attached hydrogen (secondary N) is 3. The summed E-state index contributed by atoms with van der Waals surface area (Å²) in [7, 11) is 0. The molecule has 0 saturated heterocycles. The van der Waals surface area contributed by atoms with Crippen LogP contribution >= 0.6 is 0 Å². The number of benzene rings is 2. The third-order valence-corrected chi connectivity index (χ3v) is 3.42. The molecule has 0 saturated carbocycles. The number of anilines is 1. The quantitative estimate of drug-likeness (QED) is 0.680. The van der Waals surface area contributed by atoms with Crippen molar-refractivity contribution in [2.45, 2.75) is 6.61 Å². The fourth-order valence-corrected chi connectivity index (χ4v) is 2.23. The van der Waals surface area contributed by atoms with Gasteiger partial charge in [0.1, 0.15) is 6.61 Å². The van der Waals surface area contributed by atoms with Crippen LogP contribution in [0.1, 0.15) is 5.56 Å². The van der Waals surface area contributed by atoms with E-state index in [1.807, 2.05) is 30.3 Å². The summed E-state index contributed by atoms with van der Waals surface area (Å²) >= 11 is 0. The molecule has 0 bridgehead atoms. The molecule has 3 rings (SSSR count). The van der Waals surface area contributed by atoms with E-state index in [0.29, 0.717) is 16.9 Å². The molecule has 126 valence electrons. The van der Waals surface area contributed by atoms with Gasteiger partial charge in [0.05, 0.1) is 5.69 Å². The maximum absolute atomic E-state index is 11.8. The molecule has 1 heterocycles. The zero-order chi connectivity index (χ0) is 17.6. The molecule has 3 aromatic rings. The number of aromatic nitrogens is 2. The van der Waals surface area contributed by atoms with Gasteiger partial charge in [-0.05, 0) is 23.3 Å². The Balaban J connectivity index is 1.63. The molecule has 0 atom stereocenters. The van der Waals surface area contributed by atoms with E-state index in [9.17, 15) is 14.4 Å². The number of hydrogen-bond donors (Lipinski definition) is 3. The van der Waals surface area contributed by atoms with Gasteiger partial charge in [0.15, 0.2) is 0 Å². The van der Waals surface area contributed by atoms with Gasteiger partial charge in [0, 0.05) is 11.8 Å². The van der Waals surface area contributed by atoms with Crippen LogP contribution in [0.25, 0.3) is 11.3 Å². The van der Waals surface area contributed by atoms with Crippen LogP contribution in [0, 0.1) is 0 Å². The summed E-state index contributed by atoms with van der Waals surface area (Å²) < 4.78 is 5.14. The molecule has 7 heteroatoms. The van der Waals surface area contributed by atoms with E-state index in [1.54, 1.807) is 24.3 Å². The third kappa shape index (κ3) is 4.44. The minimum absolute atomic E-state index is 0.179. The number of carbonyl (C=O) groups is 1. The Morgan fingerprint density at radius 2 is 1.68 bits per heavy atom. The Morgan fingerprint density at radius 1 is 0.960 bits per heavy atom. The Labute approximate surface area is 142 Å². The second-order valence-corrected chi connectivity index (χ2v) is 5.27. The van der Waals surface area contributed by atoms with Gasteiger partial charge in [0.2, 0.25) is 0 Å². The molecule has 0 spiro atoms. The van der Waals surface area contributed by atoms with Crippen molar-refractivity contribution in [1.82, 2.24) is 9.97 Å². The SMILES string of the molecule is O=C(Nc1ccc(-c2cc(=O)[nH]c(=O)[nH]2)cc1)OCc1ccccc1. The third-order valence-electron chi connectivity index (χ3n) is 3.42. The van der Waals surface area contributed by atoms with Gasteiger partial charge in [-0.3, -0.25) is 15.1 Å². The van der Waals surface area contributed by atoms with Gasteiger partial charge in [-0.25, -0.2) is 9.59 Å². The Hall–Kier alpha value is -3.61. The topological polar surface area (TPSA) is 104 Å². The summed E-state index contributed by atoms with van der Waals surface area (Å²) in [4.78, 5) is 39.1. The van der Waals surface area contributed by atoms with Crippen LogP contribution in [0.5, 0.6) is 0 Å². The van der Waals surface area contributed by atoms with Gasteiger partial charge in [-0.2, -0.15) is 0 Å². The minimum atomic E-state index is -0.575. The monoisotopic (exact) mass is 337 g/mol. The molecule has 0 fully saturated rings. The first-order valence-corrected chi connectivity index (χ1v) is 7.52. The van der Waals surface area contributed by atoms with Gasteiger partial charge < -0.3 is 9.72 Å². The first kappa shape index (κ1) is 16.3. The van der Waals surface area contributed by atoms with Crippen molar-refractivity contribution in [3.8, 4) is 11.3 Å². The molecule has 0 unspecified atom stereocenters. The maximum atomic E-state index is 11.8. The number of hydrogen-bond acceptors (Lipinski definition) is 4. The molecule has 0 aliphatic heterocycles. The molecule has 2 aromatic carbocycles. The van der Waals surface area contributed by atoms with Crippen molar-refractivity contribution in [2.24, 2.45) is 0 Å². The second-order valence-electron chi connectivity index (χ2n) is 5.27. The average Bonchev–Trinajstić information content (AvgIpc) is 2.61. The fourth-order valence-electron chi connectivity index (χ4n) is 2.23. The van der Waals surface area contributed by atoms with E-state index < -0.39 is 17.3 Å². The number of aromatic amines is 2. The summed E-state index contributed by atoms with van der Waals surface area (Å²) in [5.74, 6) is 0. The van der Waals surface area contributed by atoms with Gasteiger partial charge in [-0.1, -0.05) is 42.5 Å². The number of ether oxygens (including phenoxy) is 1. The highest BCUT2D eigenvalue weighted by Gasteiger charge is 2.05. The van der Waals surface area contributed by atoms with Crippen molar-refractivity contribution >= 4 is 11.8 Å². The molecule has 0 aliphatic rings. The smallest absolute Gasteiger partial charge is 0.411 e. The lowest BCUT2D eigenvalue weighted by molar-refractivity contribution is 0.155. The van der Waals surface area contributed by atoms with Crippen molar-refractivity contribution in [2.75, 3.05) is 5.32 Å². The van der Waals surface area contributed by atoms with E-state index in [-0.39, 0.29) is 6.61 Å². The summed E-state index contributed by atoms with van der Waals surface area (Å²) in [6, 6.07) is 17.3. The average molecular weight is 337 g/mol. The first-order valence-electron chi connectivity index (χ1n) is 7.52. The zero-order valence-corrected chi connectivity index (χ0v) is 13.1. The van der Waals surface area contributed by atoms with Crippen molar-refractivity contribution in [3.63, 3.8) is 0 Å². The van der Waals surface area contributed by atoms with Gasteiger partial charge in [0.25, 0.3) is 5.56 Å². The highest BCUT2D eigenvalue weighted by Crippen LogP contribution is 2.17. The molecular weight excluding hydrogens is 322 g/mol. The summed E-state index contributed by atoms with van der Waals surface area (Å²) in [5, 5.41) is 2.61. The number of carbonyl (C=O) groups excluding carboxylic acids is 1. The van der Waals surface area contributed by atoms with Crippen molar-refractivity contribution in [1.29, 1.82) is 0 Å². The Morgan fingerprint density at radius 3 is 2.36 bits per heavy atom. The molecular formula is C18H15N3O4. The summed E-state index contributed by atoms with van der Waals surface area (Å²) in [6.07, 6.45) is -0.568. The summed E-state index contributed by atoms with van der Waals surface area (Å²) in [6.45, 7) is 0.179. The predicted octanol–water partition coefficient (Wildman–Crippen LogP) is 2.48. The zero-order valence-electron chi connectivity index (χ0n) is 13.1. The summed E-state index contributed by atoms with van der Waals surface area (Å²) in [5.41, 5.74) is 1.42. The standard InChI is InChI=1S/C18H15N3O4/c22-16-10-15(20-17(23)21-16)13-6-8-14(9-7-13)19-18(24)25-11-12-4-2-1-3-5-12/h1-10H,11H2,(H,19,24)(H2,20,21,22,23). The van der Waals surface area contributed by atoms with Crippen LogP contribution in [0.2, 0.25) is 0 Å². The molecule has 1 aromatic heterocycles. The van der Waals surface area contributed by atoms with Gasteiger partial charge in [-0.15, -0.1) is 0 Å². The largest absolute Gasteiger partial charge is 0.444 e. The predicted molar refractivity (Wildman–Crippen MR) is 93.4 cm³/mol. The van der Waals surface area contributed by atoms with Crippen molar-refractivity contribution < 1.29 is 9.53 Å². The molecule has 1 amide bonds. The lowest BCUT2D eigenvalue weighted by Crippen LogP contribution is -2.21. The second kappa shape index (κ2) is 7.31. The van der Waals surface area contributed by atoms with E-state index >= 15 is 0 Å². The van der Waals surface area contributed by atoms with E-state index in [4.69, 9.17) is 4.74 Å². The Bertz CT molecular complexity index is 947. The molecule has 0 radical (unpaired) electrons. The highest BCUT2D eigenvalue weighted by molar-refractivity contribution is 5.85. The minimum Gasteiger partial charge on any atom is -0.444 e. The number of H-pyrrole nitrogens is 2. The lowest BCUT2D eigenvalue weighted by atomic mass is 10.1. The number of amides is 1. The van der Waals surface area contributed by atoms with E-state index in [1.165, 1.54) is 6.07 Å². The number of rotatable bonds is 4. The van der Waals surface area contributed by atoms with Crippen LogP contribution in [-0.2, 0) is 11.3 Å². The molecule has 7 nitrogen and oxygen atoms in total. The van der Waals surface area contributed by atoms with E-state index in [2.05, 4.69) is 15.3 Å². The highest BCUT2D eigenvalue weighted by atomic mass is 16.5. The van der Waals surface area contributed by atoms with Crippen LogP contribution in [0.3, 0.4) is 0 Å². The Kier molecular flexibility index (Phi) is 4.75. The van der Waals surface area contributed by atoms with Crippen LogP contribution in [0.15, 0.2) is 70.3 Å². The normalized spacial score (nSPS) is 10.2. The lowest BCUT2D eigenvalue weighted by Gasteiger charge is -2.08. The van der Waals surface area contributed by atoms with E-state index in [0.717, 1.165) is 5.56 Å². The van der Waals surface area contributed by atoms with Gasteiger partial charge >= 0.3 is 11.8 Å². The first-order chi connectivity index (χ1) is 12.1.